The van der Waals surface area contributed by atoms with Gasteiger partial charge in [-0.2, -0.15) is 0 Å². The normalized spacial score (nSPS) is 30.9. The molecule has 2 N–H and O–H groups in total. The molecule has 2 saturated heterocycles. The summed E-state index contributed by atoms with van der Waals surface area (Å²) in [5, 5.41) is 6.09. The molecule has 22 heavy (non-hydrogen) atoms. The Morgan fingerprint density at radius 1 is 1.41 bits per heavy atom. The Kier molecular flexibility index (Phi) is 5.74. The monoisotopic (exact) mass is 347 g/mol. The largest absolute Gasteiger partial charge is 0.354 e. The van der Waals surface area contributed by atoms with Crippen LogP contribution in [-0.2, 0) is 9.59 Å². The number of halogens is 1. The van der Waals surface area contributed by atoms with E-state index >= 15 is 0 Å². The fourth-order valence-corrected chi connectivity index (χ4v) is 4.50. The van der Waals surface area contributed by atoms with E-state index in [9.17, 15) is 14.4 Å². The summed E-state index contributed by atoms with van der Waals surface area (Å²) in [7, 11) is 0. The van der Waals surface area contributed by atoms with Gasteiger partial charge in [0.1, 0.15) is 0 Å². The van der Waals surface area contributed by atoms with Gasteiger partial charge in [-0.05, 0) is 25.3 Å². The summed E-state index contributed by atoms with van der Waals surface area (Å²) in [6.07, 6.45) is 4.36. The summed E-state index contributed by atoms with van der Waals surface area (Å²) in [4.78, 5) is 36.8. The standard InChI is InChI=1S/C14H21N3O3S.ClH/c18-11-8-21-13(20)17(11)6-5-16-12(19)14-4-2-1-3-10(14)7-15-9-14;/h10,15H,1-9H2,(H,16,19);1H/t10-,14+;/m0./s1. The van der Waals surface area contributed by atoms with Crippen molar-refractivity contribution in [2.24, 2.45) is 11.3 Å². The number of fused-ring (bicyclic) bond motifs is 1. The van der Waals surface area contributed by atoms with E-state index in [1.807, 2.05) is 0 Å². The van der Waals surface area contributed by atoms with Crippen LogP contribution in [0.15, 0.2) is 0 Å². The van der Waals surface area contributed by atoms with Gasteiger partial charge in [-0.3, -0.25) is 19.3 Å². The van der Waals surface area contributed by atoms with E-state index in [1.165, 1.54) is 11.3 Å². The molecule has 0 aromatic carbocycles. The van der Waals surface area contributed by atoms with Gasteiger partial charge in [-0.25, -0.2) is 0 Å². The first-order chi connectivity index (χ1) is 10.1. The number of nitrogens with zero attached hydrogens (tertiary/aromatic N) is 1. The predicted octanol–water partition coefficient (Wildman–Crippen LogP) is 1.000. The molecule has 0 bridgehead atoms. The number of carbonyl (C=O) groups is 3. The van der Waals surface area contributed by atoms with Crippen LogP contribution in [0.1, 0.15) is 25.7 Å². The molecule has 0 unspecified atom stereocenters. The number of thioether (sulfide) groups is 1. The molecule has 1 saturated carbocycles. The fourth-order valence-electron chi connectivity index (χ4n) is 3.74. The lowest BCUT2D eigenvalue weighted by molar-refractivity contribution is -0.134. The van der Waals surface area contributed by atoms with E-state index in [1.54, 1.807) is 0 Å². The van der Waals surface area contributed by atoms with Crippen molar-refractivity contribution in [1.29, 1.82) is 0 Å². The summed E-state index contributed by atoms with van der Waals surface area (Å²) in [5.74, 6) is 0.583. The van der Waals surface area contributed by atoms with Gasteiger partial charge in [-0.15, -0.1) is 12.4 Å². The number of carbonyl (C=O) groups excluding carboxylic acids is 3. The highest BCUT2D eigenvalue weighted by Crippen LogP contribution is 2.43. The third kappa shape index (κ3) is 3.12. The Labute approximate surface area is 140 Å². The minimum absolute atomic E-state index is 0. The van der Waals surface area contributed by atoms with Crippen LogP contribution in [0, 0.1) is 11.3 Å². The van der Waals surface area contributed by atoms with Crippen molar-refractivity contribution < 1.29 is 14.4 Å². The van der Waals surface area contributed by atoms with E-state index in [-0.39, 0.29) is 47.2 Å². The maximum absolute atomic E-state index is 12.6. The first kappa shape index (κ1) is 17.6. The van der Waals surface area contributed by atoms with Crippen LogP contribution in [0.3, 0.4) is 0 Å². The maximum atomic E-state index is 12.6. The molecule has 2 atom stereocenters. The predicted molar refractivity (Wildman–Crippen MR) is 87.1 cm³/mol. The Bertz CT molecular complexity index is 460. The van der Waals surface area contributed by atoms with E-state index in [4.69, 9.17) is 0 Å². The van der Waals surface area contributed by atoms with Gasteiger partial charge in [-0.1, -0.05) is 24.6 Å². The molecule has 0 spiro atoms. The van der Waals surface area contributed by atoms with Crippen LogP contribution < -0.4 is 10.6 Å². The minimum atomic E-state index is -0.272. The SMILES string of the molecule is Cl.O=C1CSC(=O)N1CCNC(=O)[C@@]12CCCC[C@H]1CNC2. The second kappa shape index (κ2) is 7.19. The van der Waals surface area contributed by atoms with Crippen LogP contribution in [0.4, 0.5) is 4.79 Å². The van der Waals surface area contributed by atoms with E-state index in [0.717, 1.165) is 44.1 Å². The first-order valence-corrected chi connectivity index (χ1v) is 8.58. The molecule has 1 aliphatic carbocycles. The van der Waals surface area contributed by atoms with Gasteiger partial charge in [0.05, 0.1) is 11.2 Å². The van der Waals surface area contributed by atoms with Crippen molar-refractivity contribution in [3.8, 4) is 0 Å². The van der Waals surface area contributed by atoms with Crippen molar-refractivity contribution >= 4 is 41.2 Å². The third-order valence-electron chi connectivity index (χ3n) is 4.95. The highest BCUT2D eigenvalue weighted by Gasteiger charge is 2.49. The Balaban J connectivity index is 0.00000176. The summed E-state index contributed by atoms with van der Waals surface area (Å²) in [6, 6.07) is 0. The zero-order valence-corrected chi connectivity index (χ0v) is 14.1. The molecule has 2 heterocycles. The van der Waals surface area contributed by atoms with Gasteiger partial charge in [0.25, 0.3) is 5.24 Å². The van der Waals surface area contributed by atoms with Crippen molar-refractivity contribution in [3.63, 3.8) is 0 Å². The van der Waals surface area contributed by atoms with Crippen molar-refractivity contribution in [1.82, 2.24) is 15.5 Å². The molecule has 3 amide bonds. The lowest BCUT2D eigenvalue weighted by Crippen LogP contribution is -2.49. The fraction of sp³-hybridized carbons (Fsp3) is 0.786. The number of nitrogens with one attached hydrogen (secondary N) is 2. The van der Waals surface area contributed by atoms with Crippen molar-refractivity contribution in [2.75, 3.05) is 31.9 Å². The Morgan fingerprint density at radius 2 is 2.23 bits per heavy atom. The van der Waals surface area contributed by atoms with E-state index in [0.29, 0.717) is 12.5 Å². The zero-order chi connectivity index (χ0) is 14.9. The molecule has 3 rings (SSSR count). The lowest BCUT2D eigenvalue weighted by Gasteiger charge is -2.37. The number of rotatable bonds is 4. The number of amides is 3. The van der Waals surface area contributed by atoms with Crippen LogP contribution in [0.2, 0.25) is 0 Å². The van der Waals surface area contributed by atoms with Crippen molar-refractivity contribution in [3.05, 3.63) is 0 Å². The molecular weight excluding hydrogens is 326 g/mol. The first-order valence-electron chi connectivity index (χ1n) is 7.60. The van der Waals surface area contributed by atoms with Gasteiger partial charge in [0, 0.05) is 19.6 Å². The highest BCUT2D eigenvalue weighted by atomic mass is 35.5. The molecular formula is C14H22ClN3O3S. The molecule has 6 nitrogen and oxygen atoms in total. The smallest absolute Gasteiger partial charge is 0.288 e. The van der Waals surface area contributed by atoms with Crippen molar-refractivity contribution in [2.45, 2.75) is 25.7 Å². The highest BCUT2D eigenvalue weighted by molar-refractivity contribution is 8.14. The molecule has 0 aromatic heterocycles. The zero-order valence-electron chi connectivity index (χ0n) is 12.4. The van der Waals surface area contributed by atoms with E-state index in [2.05, 4.69) is 10.6 Å². The molecule has 8 heteroatoms. The molecule has 124 valence electrons. The van der Waals surface area contributed by atoms with E-state index < -0.39 is 0 Å². The van der Waals surface area contributed by atoms with Gasteiger partial charge >= 0.3 is 0 Å². The average molecular weight is 348 g/mol. The molecule has 0 radical (unpaired) electrons. The average Bonchev–Trinajstić information content (AvgIpc) is 3.05. The second-order valence-corrected chi connectivity index (χ2v) is 7.01. The molecule has 0 aromatic rings. The van der Waals surface area contributed by atoms with Crippen LogP contribution in [0.5, 0.6) is 0 Å². The minimum Gasteiger partial charge on any atom is -0.354 e. The third-order valence-corrected chi connectivity index (χ3v) is 5.81. The molecule has 3 aliphatic rings. The lowest BCUT2D eigenvalue weighted by atomic mass is 9.67. The van der Waals surface area contributed by atoms with Gasteiger partial charge < -0.3 is 10.6 Å². The number of imide groups is 1. The number of hydrogen-bond acceptors (Lipinski definition) is 5. The quantitative estimate of drug-likeness (QED) is 0.793. The summed E-state index contributed by atoms with van der Waals surface area (Å²) >= 11 is 1.03. The van der Waals surface area contributed by atoms with Gasteiger partial charge in [0.15, 0.2) is 0 Å². The summed E-state index contributed by atoms with van der Waals surface area (Å²) < 4.78 is 0. The molecule has 2 aliphatic heterocycles. The van der Waals surface area contributed by atoms with Gasteiger partial charge in [0.2, 0.25) is 11.8 Å². The second-order valence-electron chi connectivity index (χ2n) is 6.09. The Morgan fingerprint density at radius 3 is 2.95 bits per heavy atom. The Hall–Kier alpha value is -0.790. The van der Waals surface area contributed by atoms with Crippen LogP contribution in [-0.4, -0.2) is 53.9 Å². The van der Waals surface area contributed by atoms with Crippen LogP contribution in [0.25, 0.3) is 0 Å². The molecule has 3 fully saturated rings. The topological polar surface area (TPSA) is 78.5 Å². The summed E-state index contributed by atoms with van der Waals surface area (Å²) in [5.41, 5.74) is -0.272. The summed E-state index contributed by atoms with van der Waals surface area (Å²) in [6.45, 7) is 2.31. The number of hydrogen-bond donors (Lipinski definition) is 2. The van der Waals surface area contributed by atoms with Crippen LogP contribution >= 0.6 is 24.2 Å². The maximum Gasteiger partial charge on any atom is 0.288 e.